The van der Waals surface area contributed by atoms with Gasteiger partial charge in [0.2, 0.25) is 0 Å². The Morgan fingerprint density at radius 1 is 1.37 bits per heavy atom. The van der Waals surface area contributed by atoms with Crippen molar-refractivity contribution in [3.05, 3.63) is 33.8 Å². The van der Waals surface area contributed by atoms with E-state index in [0.717, 1.165) is 0 Å². The van der Waals surface area contributed by atoms with Crippen LogP contribution in [0.4, 0.5) is 8.78 Å². The molecule has 3 nitrogen and oxygen atoms in total. The Hall–Kier alpha value is -0.530. The number of sulfone groups is 1. The molecule has 1 fully saturated rings. The molecule has 7 heteroatoms. The van der Waals surface area contributed by atoms with Crippen LogP contribution in [0.2, 0.25) is 0 Å². The van der Waals surface area contributed by atoms with E-state index in [4.69, 9.17) is 0 Å². The molecule has 1 aromatic carbocycles. The highest BCUT2D eigenvalue weighted by Gasteiger charge is 2.30. The molecule has 19 heavy (non-hydrogen) atoms. The van der Waals surface area contributed by atoms with Gasteiger partial charge in [0.05, 0.1) is 15.5 Å². The Labute approximate surface area is 119 Å². The predicted molar refractivity (Wildman–Crippen MR) is 72.6 cm³/mol. The van der Waals surface area contributed by atoms with Crippen molar-refractivity contribution in [2.75, 3.05) is 12.3 Å². The average Bonchev–Trinajstić information content (AvgIpc) is 2.68. The quantitative estimate of drug-likeness (QED) is 0.845. The van der Waals surface area contributed by atoms with E-state index < -0.39 is 26.7 Å². The number of rotatable bonds is 4. The van der Waals surface area contributed by atoms with E-state index in [9.17, 15) is 17.2 Å². The molecule has 1 unspecified atom stereocenters. The van der Waals surface area contributed by atoms with E-state index in [0.29, 0.717) is 12.8 Å². The first kappa shape index (κ1) is 14.9. The van der Waals surface area contributed by atoms with Gasteiger partial charge in [0.15, 0.2) is 9.84 Å². The highest BCUT2D eigenvalue weighted by molar-refractivity contribution is 9.10. The summed E-state index contributed by atoms with van der Waals surface area (Å²) in [6.45, 7) is 0.205. The van der Waals surface area contributed by atoms with E-state index in [1.165, 1.54) is 12.1 Å². The maximum atomic E-state index is 13.7. The van der Waals surface area contributed by atoms with Gasteiger partial charge in [-0.05, 0) is 40.9 Å². The highest BCUT2D eigenvalue weighted by atomic mass is 79.9. The molecule has 106 valence electrons. The molecule has 0 aromatic heterocycles. The van der Waals surface area contributed by atoms with Crippen LogP contribution < -0.4 is 5.32 Å². The minimum absolute atomic E-state index is 0.0247. The van der Waals surface area contributed by atoms with Gasteiger partial charge in [-0.2, -0.15) is 0 Å². The summed E-state index contributed by atoms with van der Waals surface area (Å²) in [5.41, 5.74) is -0.0789. The maximum Gasteiger partial charge on any atom is 0.154 e. The molecule has 0 bridgehead atoms. The molecule has 0 amide bonds. The second-order valence-electron chi connectivity index (χ2n) is 4.58. The number of halogens is 3. The van der Waals surface area contributed by atoms with Crippen LogP contribution in [0.25, 0.3) is 0 Å². The van der Waals surface area contributed by atoms with Gasteiger partial charge in [-0.25, -0.2) is 17.2 Å². The van der Waals surface area contributed by atoms with Crippen molar-refractivity contribution < 1.29 is 17.2 Å². The van der Waals surface area contributed by atoms with Crippen molar-refractivity contribution in [1.82, 2.24) is 5.32 Å². The number of nitrogens with one attached hydrogen (secondary N) is 1. The van der Waals surface area contributed by atoms with Crippen LogP contribution in [-0.4, -0.2) is 26.0 Å². The first-order valence-electron chi connectivity index (χ1n) is 5.96. The van der Waals surface area contributed by atoms with E-state index in [1.807, 2.05) is 0 Å². The van der Waals surface area contributed by atoms with E-state index in [2.05, 4.69) is 21.2 Å². The number of hydrogen-bond donors (Lipinski definition) is 1. The first-order chi connectivity index (χ1) is 8.92. The van der Waals surface area contributed by atoms with Crippen molar-refractivity contribution >= 4 is 25.8 Å². The maximum absolute atomic E-state index is 13.7. The van der Waals surface area contributed by atoms with Crippen LogP contribution in [-0.2, 0) is 16.4 Å². The second kappa shape index (κ2) is 5.85. The third-order valence-electron chi connectivity index (χ3n) is 3.28. The molecule has 1 aliphatic rings. The monoisotopic (exact) mass is 353 g/mol. The van der Waals surface area contributed by atoms with Gasteiger partial charge in [-0.15, -0.1) is 0 Å². The molecular formula is C12H14BrF2NO2S. The predicted octanol–water partition coefficient (Wildman–Crippen LogP) is 2.39. The van der Waals surface area contributed by atoms with Gasteiger partial charge in [-0.1, -0.05) is 0 Å². The van der Waals surface area contributed by atoms with Crippen LogP contribution in [0.1, 0.15) is 18.4 Å². The Morgan fingerprint density at radius 2 is 2.11 bits per heavy atom. The Bertz CT molecular complexity index is 577. The van der Waals surface area contributed by atoms with Gasteiger partial charge in [0, 0.05) is 18.7 Å². The lowest BCUT2D eigenvalue weighted by molar-refractivity contribution is 0.525. The largest absolute Gasteiger partial charge is 0.311 e. The van der Waals surface area contributed by atoms with Gasteiger partial charge < -0.3 is 5.32 Å². The minimum Gasteiger partial charge on any atom is -0.311 e. The molecule has 1 N–H and O–H groups in total. The molecule has 1 aliphatic heterocycles. The normalized spacial score (nSPS) is 21.7. The molecule has 0 aliphatic carbocycles. The Balaban J connectivity index is 1.99. The lowest BCUT2D eigenvalue weighted by Gasteiger charge is -2.12. The average molecular weight is 354 g/mol. The van der Waals surface area contributed by atoms with Gasteiger partial charge in [-0.3, -0.25) is 0 Å². The molecule has 0 saturated carbocycles. The van der Waals surface area contributed by atoms with Crippen molar-refractivity contribution in [2.24, 2.45) is 0 Å². The lowest BCUT2D eigenvalue weighted by Crippen LogP contribution is -2.30. The van der Waals surface area contributed by atoms with Gasteiger partial charge in [0.25, 0.3) is 0 Å². The third kappa shape index (κ3) is 3.32. The zero-order valence-electron chi connectivity index (χ0n) is 10.1. The number of hydrogen-bond acceptors (Lipinski definition) is 3. The van der Waals surface area contributed by atoms with Crippen LogP contribution in [0.3, 0.4) is 0 Å². The summed E-state index contributed by atoms with van der Waals surface area (Å²) in [6.07, 6.45) is 1.27. The summed E-state index contributed by atoms with van der Waals surface area (Å²) in [4.78, 5) is 0. The summed E-state index contributed by atoms with van der Waals surface area (Å²) in [5.74, 6) is -1.08. The summed E-state index contributed by atoms with van der Waals surface area (Å²) in [5, 5.41) is 2.39. The molecule has 1 saturated heterocycles. The second-order valence-corrected chi connectivity index (χ2v) is 7.84. The summed E-state index contributed by atoms with van der Waals surface area (Å²) in [6, 6.07) is 2.48. The fraction of sp³-hybridized carbons (Fsp3) is 0.500. The molecule has 2 rings (SSSR count). The standard InChI is InChI=1S/C12H14BrF2NO2S/c13-10-3-4-11(14)9(12(10)15)7-16-6-8-2-1-5-19(8,17)18/h3-4,8,16H,1-2,5-7H2. The molecular weight excluding hydrogens is 340 g/mol. The van der Waals surface area contributed by atoms with Crippen molar-refractivity contribution in [3.63, 3.8) is 0 Å². The van der Waals surface area contributed by atoms with Crippen molar-refractivity contribution in [2.45, 2.75) is 24.6 Å². The lowest BCUT2D eigenvalue weighted by atomic mass is 10.2. The summed E-state index contributed by atoms with van der Waals surface area (Å²) in [7, 11) is -3.03. The Kier molecular flexibility index (Phi) is 4.58. The fourth-order valence-corrected chi connectivity index (χ4v) is 4.35. The van der Waals surface area contributed by atoms with Crippen LogP contribution in [0.15, 0.2) is 16.6 Å². The van der Waals surface area contributed by atoms with Gasteiger partial charge in [0.1, 0.15) is 11.6 Å². The third-order valence-corrected chi connectivity index (χ3v) is 6.16. The zero-order chi connectivity index (χ0) is 14.0. The number of benzene rings is 1. The van der Waals surface area contributed by atoms with Crippen molar-refractivity contribution in [3.8, 4) is 0 Å². The molecule has 0 radical (unpaired) electrons. The minimum atomic E-state index is -3.03. The van der Waals surface area contributed by atoms with Crippen molar-refractivity contribution in [1.29, 1.82) is 0 Å². The fourth-order valence-electron chi connectivity index (χ4n) is 2.18. The topological polar surface area (TPSA) is 46.2 Å². The highest BCUT2D eigenvalue weighted by Crippen LogP contribution is 2.22. The van der Waals surface area contributed by atoms with E-state index in [1.54, 1.807) is 0 Å². The molecule has 1 atom stereocenters. The molecule has 1 aromatic rings. The summed E-state index contributed by atoms with van der Waals surface area (Å²) < 4.78 is 50.5. The SMILES string of the molecule is O=S1(=O)CCCC1CNCc1c(F)ccc(Br)c1F. The van der Waals surface area contributed by atoms with E-state index >= 15 is 0 Å². The molecule has 1 heterocycles. The van der Waals surface area contributed by atoms with Crippen LogP contribution in [0, 0.1) is 11.6 Å². The summed E-state index contributed by atoms with van der Waals surface area (Å²) >= 11 is 2.99. The smallest absolute Gasteiger partial charge is 0.154 e. The Morgan fingerprint density at radius 3 is 2.74 bits per heavy atom. The van der Waals surface area contributed by atoms with Crippen LogP contribution >= 0.6 is 15.9 Å². The first-order valence-corrected chi connectivity index (χ1v) is 8.47. The van der Waals surface area contributed by atoms with Crippen LogP contribution in [0.5, 0.6) is 0 Å². The molecule has 0 spiro atoms. The zero-order valence-corrected chi connectivity index (χ0v) is 12.5. The van der Waals surface area contributed by atoms with E-state index in [-0.39, 0.29) is 28.9 Å². The van der Waals surface area contributed by atoms with Gasteiger partial charge >= 0.3 is 0 Å².